The average molecular weight is 907 g/mol. The van der Waals surface area contributed by atoms with Crippen molar-refractivity contribution in [2.75, 3.05) is 0 Å². The van der Waals surface area contributed by atoms with E-state index in [4.69, 9.17) is 19.7 Å². The largest absolute Gasteiger partial charge is 0.457 e. The van der Waals surface area contributed by atoms with Crippen LogP contribution < -0.4 is 4.74 Å². The molecule has 7 heteroatoms. The Morgan fingerprint density at radius 3 is 1.31 bits per heavy atom. The zero-order chi connectivity index (χ0) is 46.4. The molecule has 0 bridgehead atoms. The van der Waals surface area contributed by atoms with Gasteiger partial charge in [0.2, 0.25) is 0 Å². The summed E-state index contributed by atoms with van der Waals surface area (Å²) in [7, 11) is 0. The van der Waals surface area contributed by atoms with Gasteiger partial charge in [-0.1, -0.05) is 140 Å². The lowest BCUT2D eigenvalue weighted by molar-refractivity contribution is 0.436. The maximum absolute atomic E-state index is 6.77. The van der Waals surface area contributed by atoms with E-state index in [-0.39, 0.29) is 0 Å². The first-order valence-corrected chi connectivity index (χ1v) is 24.1. The van der Waals surface area contributed by atoms with E-state index in [0.717, 1.165) is 117 Å². The number of para-hydroxylation sites is 7. The molecule has 1 spiro atoms. The Kier molecular flexibility index (Phi) is 7.69. The van der Waals surface area contributed by atoms with Gasteiger partial charge in [-0.3, -0.25) is 19.1 Å². The second-order valence-corrected chi connectivity index (χ2v) is 18.7. The van der Waals surface area contributed by atoms with Crippen LogP contribution in [0.4, 0.5) is 0 Å². The third-order valence-corrected chi connectivity index (χ3v) is 15.2. The fourth-order valence-electron chi connectivity index (χ4n) is 12.3. The number of rotatable bonds is 4. The smallest absolute Gasteiger partial charge is 0.140 e. The van der Waals surface area contributed by atoms with Crippen molar-refractivity contribution in [2.24, 2.45) is 0 Å². The SMILES string of the molecule is c1cc(-n2c3ccccc3c3ccccc32)nc(-n2c3ccccc3c3cc(-c4cnc5c(c4)C4(c6ccccc6Oc6ccccc64)c4cc(-n6c7ccccc7c7ccccc76)cnc4-5)ccc32)c1. The number of pyridine rings is 3. The summed E-state index contributed by atoms with van der Waals surface area (Å²) < 4.78 is 13.7. The summed E-state index contributed by atoms with van der Waals surface area (Å²) in [6.45, 7) is 0. The molecule has 7 heterocycles. The summed E-state index contributed by atoms with van der Waals surface area (Å²) in [4.78, 5) is 16.2. The topological polar surface area (TPSA) is 62.7 Å². The first-order valence-electron chi connectivity index (χ1n) is 24.1. The minimum Gasteiger partial charge on any atom is -0.457 e. The molecule has 0 N–H and O–H groups in total. The van der Waals surface area contributed by atoms with Crippen molar-refractivity contribution in [3.8, 4) is 51.3 Å². The highest BCUT2D eigenvalue weighted by Gasteiger charge is 2.53. The molecule has 0 atom stereocenters. The van der Waals surface area contributed by atoms with Gasteiger partial charge in [0.25, 0.3) is 0 Å². The fourth-order valence-corrected chi connectivity index (χ4v) is 12.3. The van der Waals surface area contributed by atoms with Crippen LogP contribution in [0.3, 0.4) is 0 Å². The number of nitrogens with zero attached hydrogens (tertiary/aromatic N) is 6. The van der Waals surface area contributed by atoms with Crippen LogP contribution in [-0.2, 0) is 5.41 Å². The maximum Gasteiger partial charge on any atom is 0.140 e. The molecule has 8 aromatic carbocycles. The summed E-state index contributed by atoms with van der Waals surface area (Å²) in [5.41, 5.74) is 15.0. The molecule has 1 aliphatic heterocycles. The molecule has 71 heavy (non-hydrogen) atoms. The fraction of sp³-hybridized carbons (Fsp3) is 0.0156. The summed E-state index contributed by atoms with van der Waals surface area (Å²) >= 11 is 0. The molecule has 7 nitrogen and oxygen atoms in total. The van der Waals surface area contributed by atoms with E-state index in [0.29, 0.717) is 0 Å². The van der Waals surface area contributed by atoms with E-state index in [2.05, 4.69) is 232 Å². The predicted octanol–water partition coefficient (Wildman–Crippen LogP) is 15.3. The normalized spacial score (nSPS) is 13.3. The molecule has 0 fully saturated rings. The van der Waals surface area contributed by atoms with E-state index >= 15 is 0 Å². The number of aromatic nitrogens is 6. The predicted molar refractivity (Wildman–Crippen MR) is 286 cm³/mol. The van der Waals surface area contributed by atoms with E-state index in [1.165, 1.54) is 21.5 Å². The molecule has 330 valence electrons. The third-order valence-electron chi connectivity index (χ3n) is 15.2. The number of hydrogen-bond donors (Lipinski definition) is 0. The van der Waals surface area contributed by atoms with Gasteiger partial charge in [-0.25, -0.2) is 4.98 Å². The number of benzene rings is 8. The van der Waals surface area contributed by atoms with E-state index in [1.54, 1.807) is 0 Å². The van der Waals surface area contributed by atoms with Gasteiger partial charge < -0.3 is 9.30 Å². The van der Waals surface area contributed by atoms with Crippen molar-refractivity contribution >= 4 is 65.4 Å². The third kappa shape index (κ3) is 5.13. The van der Waals surface area contributed by atoms with Crippen LogP contribution in [0.1, 0.15) is 22.3 Å². The van der Waals surface area contributed by atoms with Crippen molar-refractivity contribution < 1.29 is 4.74 Å². The molecule has 16 rings (SSSR count). The summed E-state index contributed by atoms with van der Waals surface area (Å²) in [5, 5.41) is 7.13. The second kappa shape index (κ2) is 14.2. The number of ether oxygens (including phenoxy) is 1. The van der Waals surface area contributed by atoms with Crippen LogP contribution in [0.2, 0.25) is 0 Å². The lowest BCUT2D eigenvalue weighted by Crippen LogP contribution is -2.32. The highest BCUT2D eigenvalue weighted by Crippen LogP contribution is 2.62. The van der Waals surface area contributed by atoms with Gasteiger partial charge in [0.15, 0.2) is 0 Å². The maximum atomic E-state index is 6.77. The average Bonchev–Trinajstić information content (AvgIpc) is 4.15. The van der Waals surface area contributed by atoms with Gasteiger partial charge in [-0.15, -0.1) is 0 Å². The molecule has 6 aromatic heterocycles. The van der Waals surface area contributed by atoms with Gasteiger partial charge in [-0.05, 0) is 84.4 Å². The second-order valence-electron chi connectivity index (χ2n) is 18.7. The first-order chi connectivity index (χ1) is 35.2. The minimum atomic E-state index is -0.784. The van der Waals surface area contributed by atoms with Crippen molar-refractivity contribution in [2.45, 2.75) is 5.41 Å². The molecule has 14 aromatic rings. The standard InChI is InChI=1S/C64H38N6O/c1-8-23-52-42(16-1)43-17-2-9-24-53(43)68(52)41-36-51-63(66-38-41)62-50(64(51)48-21-6-13-28-58(48)71-59-29-14-7-22-49(59)64)35-40(37-65-62)39-32-33-57-47(34-39)46-20-5-12-27-56(46)70(57)61-31-15-30-60(67-61)69-54-25-10-3-18-44(54)45-19-4-11-26-55(45)69/h1-38H. The molecular formula is C64H38N6O. The lowest BCUT2D eigenvalue weighted by Gasteiger charge is -2.39. The molecule has 0 saturated heterocycles. The zero-order valence-electron chi connectivity index (χ0n) is 38.0. The van der Waals surface area contributed by atoms with Crippen molar-refractivity contribution in [1.82, 2.24) is 28.7 Å². The van der Waals surface area contributed by atoms with Crippen molar-refractivity contribution in [3.63, 3.8) is 0 Å². The van der Waals surface area contributed by atoms with E-state index in [1.807, 2.05) is 12.4 Å². The summed E-state index contributed by atoms with van der Waals surface area (Å²) in [6.07, 6.45) is 4.04. The Balaban J connectivity index is 0.896. The molecule has 0 amide bonds. The molecular weight excluding hydrogens is 869 g/mol. The Labute approximate surface area is 406 Å². The van der Waals surface area contributed by atoms with Gasteiger partial charge in [0.05, 0.1) is 61.8 Å². The number of fused-ring (bicyclic) bond motifs is 18. The van der Waals surface area contributed by atoms with E-state index in [9.17, 15) is 0 Å². The zero-order valence-corrected chi connectivity index (χ0v) is 38.0. The Morgan fingerprint density at radius 2 is 0.761 bits per heavy atom. The monoisotopic (exact) mass is 906 g/mol. The first kappa shape index (κ1) is 38.4. The van der Waals surface area contributed by atoms with Crippen LogP contribution in [0.5, 0.6) is 11.5 Å². The van der Waals surface area contributed by atoms with E-state index < -0.39 is 5.41 Å². The van der Waals surface area contributed by atoms with Crippen LogP contribution in [-0.4, -0.2) is 28.7 Å². The van der Waals surface area contributed by atoms with Crippen LogP contribution in [0.25, 0.3) is 105 Å². The van der Waals surface area contributed by atoms with Crippen LogP contribution in [0.15, 0.2) is 231 Å². The highest BCUT2D eigenvalue weighted by molar-refractivity contribution is 6.12. The molecule has 2 aliphatic rings. The quantitative estimate of drug-likeness (QED) is 0.176. The van der Waals surface area contributed by atoms with Crippen molar-refractivity contribution in [3.05, 3.63) is 253 Å². The Hall–Kier alpha value is -9.59. The Morgan fingerprint density at radius 1 is 0.324 bits per heavy atom. The summed E-state index contributed by atoms with van der Waals surface area (Å²) in [5.74, 6) is 3.37. The van der Waals surface area contributed by atoms with Crippen molar-refractivity contribution in [1.29, 1.82) is 0 Å². The van der Waals surface area contributed by atoms with Gasteiger partial charge in [0.1, 0.15) is 23.1 Å². The minimum absolute atomic E-state index is 0.784. The van der Waals surface area contributed by atoms with Gasteiger partial charge in [0, 0.05) is 66.3 Å². The number of hydrogen-bond acceptors (Lipinski definition) is 4. The molecule has 0 radical (unpaired) electrons. The Bertz CT molecular complexity index is 4440. The summed E-state index contributed by atoms with van der Waals surface area (Å²) in [6, 6.07) is 77.9. The van der Waals surface area contributed by atoms with Gasteiger partial charge >= 0.3 is 0 Å². The molecule has 0 saturated carbocycles. The molecule has 1 aliphatic carbocycles. The van der Waals surface area contributed by atoms with Crippen LogP contribution in [0, 0.1) is 0 Å². The van der Waals surface area contributed by atoms with Crippen LogP contribution >= 0.6 is 0 Å². The highest BCUT2D eigenvalue weighted by atomic mass is 16.5. The lowest BCUT2D eigenvalue weighted by atomic mass is 9.66. The van der Waals surface area contributed by atoms with Gasteiger partial charge in [-0.2, -0.15) is 0 Å². The molecule has 0 unspecified atom stereocenters.